The van der Waals surface area contributed by atoms with E-state index in [-0.39, 0.29) is 0 Å². The lowest BCUT2D eigenvalue weighted by Crippen LogP contribution is -2.48. The molecule has 0 heterocycles. The summed E-state index contributed by atoms with van der Waals surface area (Å²) in [4.78, 5) is 0. The largest absolute Gasteiger partial charge is 0.330 e. The topological polar surface area (TPSA) is 26.0 Å². The first-order valence-corrected chi connectivity index (χ1v) is 6.48. The molecule has 0 spiro atoms. The molecule has 14 heavy (non-hydrogen) atoms. The van der Waals surface area contributed by atoms with Gasteiger partial charge in [-0.1, -0.05) is 6.92 Å². The molecule has 2 N–H and O–H groups in total. The molecular weight excluding hydrogens is 170 g/mol. The van der Waals surface area contributed by atoms with E-state index in [1.54, 1.807) is 32.1 Å². The molecule has 1 unspecified atom stereocenters. The molecule has 0 aromatic heterocycles. The van der Waals surface area contributed by atoms with Crippen LogP contribution in [0.4, 0.5) is 0 Å². The molecule has 4 saturated carbocycles. The number of hydrogen-bond acceptors (Lipinski definition) is 1. The van der Waals surface area contributed by atoms with Gasteiger partial charge >= 0.3 is 0 Å². The van der Waals surface area contributed by atoms with Gasteiger partial charge in [0.25, 0.3) is 0 Å². The summed E-state index contributed by atoms with van der Waals surface area (Å²) in [5.41, 5.74) is 5.85. The van der Waals surface area contributed by atoms with Gasteiger partial charge in [-0.15, -0.1) is 0 Å². The van der Waals surface area contributed by atoms with E-state index >= 15 is 0 Å². The Hall–Kier alpha value is -0.0400. The molecule has 0 aliphatic heterocycles. The Morgan fingerprint density at radius 3 is 1.93 bits per heavy atom. The predicted molar refractivity (Wildman–Crippen MR) is 58.8 cm³/mol. The lowest BCUT2D eigenvalue weighted by Gasteiger charge is -2.56. The van der Waals surface area contributed by atoms with Crippen molar-refractivity contribution in [2.24, 2.45) is 41.2 Å². The van der Waals surface area contributed by atoms with Crippen LogP contribution in [0.5, 0.6) is 0 Å². The SMILES string of the molecule is CC(CN)C1C2CC3CC(C2)CC1C3. The fourth-order valence-electron chi connectivity index (χ4n) is 5.05. The average molecular weight is 193 g/mol. The zero-order valence-electron chi connectivity index (χ0n) is 9.28. The summed E-state index contributed by atoms with van der Waals surface area (Å²) in [5.74, 6) is 6.12. The van der Waals surface area contributed by atoms with Crippen molar-refractivity contribution in [2.45, 2.75) is 39.0 Å². The van der Waals surface area contributed by atoms with Crippen molar-refractivity contribution >= 4 is 0 Å². The van der Waals surface area contributed by atoms with Gasteiger partial charge in [-0.25, -0.2) is 0 Å². The van der Waals surface area contributed by atoms with E-state index in [1.807, 2.05) is 0 Å². The van der Waals surface area contributed by atoms with Crippen molar-refractivity contribution in [1.29, 1.82) is 0 Å². The monoisotopic (exact) mass is 193 g/mol. The normalized spacial score (nSPS) is 52.3. The Morgan fingerprint density at radius 2 is 1.50 bits per heavy atom. The number of rotatable bonds is 2. The van der Waals surface area contributed by atoms with E-state index < -0.39 is 0 Å². The van der Waals surface area contributed by atoms with Gasteiger partial charge in [-0.2, -0.15) is 0 Å². The Morgan fingerprint density at radius 1 is 1.00 bits per heavy atom. The minimum absolute atomic E-state index is 0.782. The summed E-state index contributed by atoms with van der Waals surface area (Å²) in [6.07, 6.45) is 7.74. The fourth-order valence-corrected chi connectivity index (χ4v) is 5.05. The minimum Gasteiger partial charge on any atom is -0.330 e. The minimum atomic E-state index is 0.782. The van der Waals surface area contributed by atoms with Crippen LogP contribution in [0.15, 0.2) is 0 Å². The lowest BCUT2D eigenvalue weighted by atomic mass is 9.50. The second-order valence-electron chi connectivity index (χ2n) is 6.22. The van der Waals surface area contributed by atoms with Crippen molar-refractivity contribution in [2.75, 3.05) is 6.54 Å². The van der Waals surface area contributed by atoms with E-state index in [9.17, 15) is 0 Å². The third-order valence-electron chi connectivity index (χ3n) is 5.33. The van der Waals surface area contributed by atoms with Crippen molar-refractivity contribution in [3.8, 4) is 0 Å². The summed E-state index contributed by atoms with van der Waals surface area (Å²) in [6.45, 7) is 3.29. The Labute approximate surface area is 87.4 Å². The Kier molecular flexibility index (Phi) is 2.12. The fraction of sp³-hybridized carbons (Fsp3) is 1.00. The van der Waals surface area contributed by atoms with Crippen molar-refractivity contribution < 1.29 is 0 Å². The quantitative estimate of drug-likeness (QED) is 0.717. The Balaban J connectivity index is 1.81. The molecule has 0 aromatic carbocycles. The van der Waals surface area contributed by atoms with Gasteiger partial charge in [0.2, 0.25) is 0 Å². The smallest absolute Gasteiger partial charge is 0.00487 e. The van der Waals surface area contributed by atoms with Crippen LogP contribution in [0.2, 0.25) is 0 Å². The summed E-state index contributed by atoms with van der Waals surface area (Å²) in [6, 6.07) is 0. The van der Waals surface area contributed by atoms with Gasteiger partial charge in [0.1, 0.15) is 0 Å². The highest BCUT2D eigenvalue weighted by atomic mass is 14.6. The van der Waals surface area contributed by atoms with Crippen LogP contribution in [0, 0.1) is 35.5 Å². The first kappa shape index (κ1) is 9.21. The molecule has 0 radical (unpaired) electrons. The molecule has 4 fully saturated rings. The van der Waals surface area contributed by atoms with Crippen LogP contribution in [0.3, 0.4) is 0 Å². The highest BCUT2D eigenvalue weighted by Crippen LogP contribution is 2.58. The number of hydrogen-bond donors (Lipinski definition) is 1. The summed E-state index contributed by atoms with van der Waals surface area (Å²) >= 11 is 0. The lowest BCUT2D eigenvalue weighted by molar-refractivity contribution is -0.0568. The third-order valence-corrected chi connectivity index (χ3v) is 5.33. The first-order chi connectivity index (χ1) is 6.78. The maximum absolute atomic E-state index is 5.85. The first-order valence-electron chi connectivity index (χ1n) is 6.48. The molecule has 0 saturated heterocycles. The molecule has 4 aliphatic carbocycles. The molecule has 1 heteroatoms. The van der Waals surface area contributed by atoms with Gasteiger partial charge in [0, 0.05) is 0 Å². The molecule has 1 nitrogen and oxygen atoms in total. The highest BCUT2D eigenvalue weighted by Gasteiger charge is 2.49. The van der Waals surface area contributed by atoms with Gasteiger partial charge in [0.05, 0.1) is 0 Å². The van der Waals surface area contributed by atoms with Crippen molar-refractivity contribution in [3.05, 3.63) is 0 Å². The number of nitrogens with two attached hydrogens (primary N) is 1. The van der Waals surface area contributed by atoms with E-state index in [1.165, 1.54) is 0 Å². The third kappa shape index (κ3) is 1.25. The molecule has 4 aliphatic rings. The highest BCUT2D eigenvalue weighted by molar-refractivity contribution is 4.99. The maximum atomic E-state index is 5.85. The van der Waals surface area contributed by atoms with E-state index in [0.717, 1.165) is 42.1 Å². The Bertz CT molecular complexity index is 195. The zero-order chi connectivity index (χ0) is 9.71. The summed E-state index contributed by atoms with van der Waals surface area (Å²) < 4.78 is 0. The zero-order valence-corrected chi connectivity index (χ0v) is 9.28. The maximum Gasteiger partial charge on any atom is -0.00487 e. The molecule has 0 amide bonds. The van der Waals surface area contributed by atoms with Crippen LogP contribution in [-0.4, -0.2) is 6.54 Å². The van der Waals surface area contributed by atoms with E-state index in [2.05, 4.69) is 6.92 Å². The second-order valence-corrected chi connectivity index (χ2v) is 6.22. The van der Waals surface area contributed by atoms with Gasteiger partial charge < -0.3 is 5.73 Å². The average Bonchev–Trinajstić information content (AvgIpc) is 2.15. The molecule has 1 atom stereocenters. The summed E-state index contributed by atoms with van der Waals surface area (Å²) in [5, 5.41) is 0. The van der Waals surface area contributed by atoms with Crippen LogP contribution < -0.4 is 5.73 Å². The summed E-state index contributed by atoms with van der Waals surface area (Å²) in [7, 11) is 0. The van der Waals surface area contributed by atoms with Gasteiger partial charge in [-0.05, 0) is 74.2 Å². The molecule has 80 valence electrons. The second kappa shape index (κ2) is 3.23. The van der Waals surface area contributed by atoms with Gasteiger partial charge in [0.15, 0.2) is 0 Å². The van der Waals surface area contributed by atoms with Crippen LogP contribution >= 0.6 is 0 Å². The predicted octanol–water partition coefficient (Wildman–Crippen LogP) is 2.65. The molecule has 4 bridgehead atoms. The van der Waals surface area contributed by atoms with E-state index in [4.69, 9.17) is 5.73 Å². The molecular formula is C13H23N. The standard InChI is InChI=1S/C13H23N/c1-8(7-14)13-11-3-9-2-10(5-11)6-12(13)4-9/h8-13H,2-7,14H2,1H3. The van der Waals surface area contributed by atoms with Crippen LogP contribution in [0.1, 0.15) is 39.0 Å². The van der Waals surface area contributed by atoms with Crippen LogP contribution in [0.25, 0.3) is 0 Å². The van der Waals surface area contributed by atoms with Crippen molar-refractivity contribution in [1.82, 2.24) is 0 Å². The molecule has 4 rings (SSSR count). The van der Waals surface area contributed by atoms with Gasteiger partial charge in [-0.3, -0.25) is 0 Å². The van der Waals surface area contributed by atoms with Crippen molar-refractivity contribution in [3.63, 3.8) is 0 Å². The van der Waals surface area contributed by atoms with E-state index in [0.29, 0.717) is 0 Å². The van der Waals surface area contributed by atoms with Crippen LogP contribution in [-0.2, 0) is 0 Å². The molecule has 0 aromatic rings.